The summed E-state index contributed by atoms with van der Waals surface area (Å²) in [5.74, 6) is 1.54. The third-order valence-corrected chi connectivity index (χ3v) is 8.12. The van der Waals surface area contributed by atoms with Crippen LogP contribution in [0.15, 0.2) is 29.3 Å². The number of benzene rings is 1. The van der Waals surface area contributed by atoms with E-state index in [2.05, 4.69) is 43.1 Å². The quantitative estimate of drug-likeness (QED) is 0.796. The molecule has 3 heteroatoms. The minimum absolute atomic E-state index is 0.153. The molecular weight excluding hydrogens is 284 g/mol. The molecule has 3 saturated heterocycles. The van der Waals surface area contributed by atoms with Gasteiger partial charge in [-0.25, -0.2) is 0 Å². The minimum atomic E-state index is 0.153. The molecule has 1 spiro atoms. The number of hydrogen-bond donors (Lipinski definition) is 0. The van der Waals surface area contributed by atoms with E-state index in [1.807, 2.05) is 0 Å². The van der Waals surface area contributed by atoms with Gasteiger partial charge in [0.25, 0.3) is 0 Å². The average Bonchev–Trinajstić information content (AvgIpc) is 2.90. The first kappa shape index (κ1) is 13.1. The van der Waals surface area contributed by atoms with Crippen molar-refractivity contribution in [1.82, 2.24) is 4.90 Å². The van der Waals surface area contributed by atoms with Gasteiger partial charge in [0.15, 0.2) is 0 Å². The normalized spacial score (nSPS) is 49.0. The van der Waals surface area contributed by atoms with Crippen molar-refractivity contribution in [1.29, 1.82) is 0 Å². The Morgan fingerprint density at radius 2 is 2.22 bits per heavy atom. The van der Waals surface area contributed by atoms with Crippen molar-refractivity contribution in [3.63, 3.8) is 0 Å². The van der Waals surface area contributed by atoms with Crippen LogP contribution in [-0.2, 0) is 10.2 Å². The van der Waals surface area contributed by atoms with Crippen molar-refractivity contribution in [2.24, 2.45) is 22.2 Å². The molecule has 3 nitrogen and oxygen atoms in total. The number of ether oxygens (including phenoxy) is 1. The van der Waals surface area contributed by atoms with E-state index in [4.69, 9.17) is 9.73 Å². The first-order valence-corrected chi connectivity index (χ1v) is 9.22. The molecule has 0 N–H and O–H groups in total. The predicted molar refractivity (Wildman–Crippen MR) is 90.3 cm³/mol. The summed E-state index contributed by atoms with van der Waals surface area (Å²) in [6.45, 7) is 4.60. The van der Waals surface area contributed by atoms with E-state index in [0.29, 0.717) is 11.5 Å². The van der Waals surface area contributed by atoms with E-state index in [0.717, 1.165) is 18.4 Å². The molecule has 0 amide bonds. The van der Waals surface area contributed by atoms with Crippen molar-refractivity contribution < 1.29 is 4.74 Å². The molecule has 6 atom stereocenters. The van der Waals surface area contributed by atoms with Crippen LogP contribution < -0.4 is 0 Å². The van der Waals surface area contributed by atoms with Crippen molar-refractivity contribution in [3.05, 3.63) is 29.8 Å². The first-order valence-electron chi connectivity index (χ1n) is 9.22. The second-order valence-corrected chi connectivity index (χ2v) is 8.44. The standard InChI is InChI=1S/C20H24N2O/c1-3-19-11-22(2)16-9-20(19)13-6-4-5-7-15(13)21-18(20)17-8-14(19)12(16)10-23-17/h4-7,12,14,16-17H,3,8-11H2,1-2H3/t12-,14+,16-,17+,19+,20-/m0/s1. The van der Waals surface area contributed by atoms with Crippen LogP contribution in [0.3, 0.4) is 0 Å². The van der Waals surface area contributed by atoms with Gasteiger partial charge in [0.1, 0.15) is 0 Å². The summed E-state index contributed by atoms with van der Waals surface area (Å²) >= 11 is 0. The fraction of sp³-hybridized carbons (Fsp3) is 0.650. The zero-order chi connectivity index (χ0) is 15.4. The van der Waals surface area contributed by atoms with Crippen LogP contribution >= 0.6 is 0 Å². The molecule has 1 aromatic carbocycles. The number of rotatable bonds is 1. The Kier molecular flexibility index (Phi) is 2.22. The number of hydrogen-bond acceptors (Lipinski definition) is 3. The molecule has 1 aromatic rings. The SMILES string of the molecule is CC[C@]12CN(C)[C@H]3C[C@]14C(=Nc1ccccc14)[C@H]1C[C@@H]2[C@@H]3CO1. The van der Waals surface area contributed by atoms with E-state index in [1.165, 1.54) is 42.8 Å². The van der Waals surface area contributed by atoms with Crippen LogP contribution in [0.25, 0.3) is 0 Å². The summed E-state index contributed by atoms with van der Waals surface area (Å²) in [7, 11) is 2.34. The lowest BCUT2D eigenvalue weighted by molar-refractivity contribution is -0.210. The molecule has 6 aliphatic rings. The molecular formula is C20H24N2O. The lowest BCUT2D eigenvalue weighted by Crippen LogP contribution is -2.79. The lowest BCUT2D eigenvalue weighted by Gasteiger charge is -2.73. The lowest BCUT2D eigenvalue weighted by atomic mass is 9.37. The Bertz CT molecular complexity index is 743. The molecule has 2 saturated carbocycles. The van der Waals surface area contributed by atoms with Crippen LogP contribution in [0.2, 0.25) is 0 Å². The smallest absolute Gasteiger partial charge is 0.0968 e. The zero-order valence-electron chi connectivity index (χ0n) is 14.0. The van der Waals surface area contributed by atoms with Crippen LogP contribution in [0.5, 0.6) is 0 Å². The van der Waals surface area contributed by atoms with Gasteiger partial charge in [0, 0.05) is 29.3 Å². The number of aliphatic imine (C=N–C) groups is 1. The van der Waals surface area contributed by atoms with Gasteiger partial charge in [0.2, 0.25) is 0 Å². The fourth-order valence-electron chi connectivity index (χ4n) is 7.36. The van der Waals surface area contributed by atoms with Gasteiger partial charge in [0.05, 0.1) is 24.1 Å². The first-order chi connectivity index (χ1) is 11.2. The van der Waals surface area contributed by atoms with Crippen molar-refractivity contribution in [2.45, 2.75) is 43.7 Å². The Morgan fingerprint density at radius 1 is 1.35 bits per heavy atom. The molecule has 7 rings (SSSR count). The van der Waals surface area contributed by atoms with Gasteiger partial charge < -0.3 is 9.64 Å². The molecule has 5 bridgehead atoms. The number of fused-ring (bicyclic) bond motifs is 4. The molecule has 120 valence electrons. The largest absolute Gasteiger partial charge is 0.372 e. The third kappa shape index (κ3) is 1.19. The van der Waals surface area contributed by atoms with Gasteiger partial charge in [-0.15, -0.1) is 0 Å². The Labute approximate surface area is 137 Å². The highest BCUT2D eigenvalue weighted by Crippen LogP contribution is 2.71. The molecule has 5 fully saturated rings. The van der Waals surface area contributed by atoms with Crippen molar-refractivity contribution in [3.8, 4) is 0 Å². The molecule has 4 aliphatic heterocycles. The second kappa shape index (κ2) is 3.89. The molecule has 2 aliphatic carbocycles. The maximum Gasteiger partial charge on any atom is 0.0968 e. The Balaban J connectivity index is 1.70. The van der Waals surface area contributed by atoms with E-state index in [9.17, 15) is 0 Å². The van der Waals surface area contributed by atoms with E-state index < -0.39 is 0 Å². The maximum absolute atomic E-state index is 6.36. The Hall–Kier alpha value is -1.19. The third-order valence-electron chi connectivity index (χ3n) is 8.12. The topological polar surface area (TPSA) is 24.8 Å². The van der Waals surface area contributed by atoms with E-state index in [-0.39, 0.29) is 11.5 Å². The molecule has 23 heavy (non-hydrogen) atoms. The predicted octanol–water partition coefficient (Wildman–Crippen LogP) is 3.16. The monoisotopic (exact) mass is 308 g/mol. The summed E-state index contributed by atoms with van der Waals surface area (Å²) in [4.78, 5) is 7.81. The van der Waals surface area contributed by atoms with Gasteiger partial charge in [-0.05, 0) is 43.9 Å². The molecule has 0 aromatic heterocycles. The number of piperidine rings is 2. The molecule has 0 unspecified atom stereocenters. The van der Waals surface area contributed by atoms with Crippen molar-refractivity contribution >= 4 is 11.4 Å². The van der Waals surface area contributed by atoms with Crippen LogP contribution in [0, 0.1) is 17.3 Å². The summed E-state index contributed by atoms with van der Waals surface area (Å²) in [6, 6.07) is 9.58. The van der Waals surface area contributed by atoms with E-state index in [1.54, 1.807) is 0 Å². The van der Waals surface area contributed by atoms with Gasteiger partial charge in [-0.2, -0.15) is 0 Å². The van der Waals surface area contributed by atoms with Gasteiger partial charge in [-0.3, -0.25) is 4.99 Å². The summed E-state index contributed by atoms with van der Waals surface area (Å²) < 4.78 is 6.36. The second-order valence-electron chi connectivity index (χ2n) is 8.44. The highest BCUT2D eigenvalue weighted by molar-refractivity contribution is 6.07. The molecule has 0 radical (unpaired) electrons. The number of para-hydroxylation sites is 1. The highest BCUT2D eigenvalue weighted by Gasteiger charge is 2.74. The van der Waals surface area contributed by atoms with E-state index >= 15 is 0 Å². The van der Waals surface area contributed by atoms with Crippen LogP contribution in [0.4, 0.5) is 5.69 Å². The number of nitrogens with zero attached hydrogens (tertiary/aromatic N) is 2. The Morgan fingerprint density at radius 3 is 3.09 bits per heavy atom. The maximum atomic E-state index is 6.36. The van der Waals surface area contributed by atoms with Crippen LogP contribution in [0.1, 0.15) is 31.7 Å². The summed E-state index contributed by atoms with van der Waals surface area (Å²) in [5.41, 5.74) is 4.62. The summed E-state index contributed by atoms with van der Waals surface area (Å²) in [5, 5.41) is 0. The highest BCUT2D eigenvalue weighted by atomic mass is 16.5. The zero-order valence-corrected chi connectivity index (χ0v) is 14.0. The fourth-order valence-corrected chi connectivity index (χ4v) is 7.36. The van der Waals surface area contributed by atoms with Gasteiger partial charge >= 0.3 is 0 Å². The minimum Gasteiger partial charge on any atom is -0.372 e. The van der Waals surface area contributed by atoms with Crippen LogP contribution in [-0.4, -0.2) is 43.0 Å². The van der Waals surface area contributed by atoms with Crippen molar-refractivity contribution in [2.75, 3.05) is 20.2 Å². The summed E-state index contributed by atoms with van der Waals surface area (Å²) in [6.07, 6.45) is 3.99. The average molecular weight is 308 g/mol. The van der Waals surface area contributed by atoms with Gasteiger partial charge in [-0.1, -0.05) is 25.1 Å². The molecule has 4 heterocycles.